The molecule has 1 aromatic heterocycles. The first kappa shape index (κ1) is 19.9. The second-order valence-electron chi connectivity index (χ2n) is 8.04. The van der Waals surface area contributed by atoms with Crippen molar-refractivity contribution in [1.29, 1.82) is 0 Å². The standard InChI is InChI=1S/C23H27ClN4O/c1-26(2)23(29)18-9-6-12-27(15-18)16-22-25-20-13-19(24)10-11-21(20)28(22)14-17-7-4-3-5-8-17/h3-5,7-8,10-11,13,18H,6,9,12,14-16H2,1-2H3. The zero-order chi connectivity index (χ0) is 20.4. The fraction of sp³-hybridized carbons (Fsp3) is 0.391. The van der Waals surface area contributed by atoms with Crippen molar-refractivity contribution in [2.24, 2.45) is 5.92 Å². The van der Waals surface area contributed by atoms with Gasteiger partial charge in [0.1, 0.15) is 5.82 Å². The number of amides is 1. The quantitative estimate of drug-likeness (QED) is 0.637. The highest BCUT2D eigenvalue weighted by Gasteiger charge is 2.27. The number of hydrogen-bond acceptors (Lipinski definition) is 3. The lowest BCUT2D eigenvalue weighted by molar-refractivity contribution is -0.134. The van der Waals surface area contributed by atoms with Crippen molar-refractivity contribution in [3.05, 3.63) is 64.9 Å². The van der Waals surface area contributed by atoms with E-state index in [-0.39, 0.29) is 11.8 Å². The van der Waals surface area contributed by atoms with Crippen molar-refractivity contribution in [3.63, 3.8) is 0 Å². The maximum atomic E-state index is 12.4. The monoisotopic (exact) mass is 410 g/mol. The first-order valence-electron chi connectivity index (χ1n) is 10.1. The van der Waals surface area contributed by atoms with Gasteiger partial charge in [-0.25, -0.2) is 4.98 Å². The van der Waals surface area contributed by atoms with Gasteiger partial charge in [0.15, 0.2) is 0 Å². The smallest absolute Gasteiger partial charge is 0.226 e. The first-order valence-corrected chi connectivity index (χ1v) is 10.5. The molecule has 1 aliphatic heterocycles. The van der Waals surface area contributed by atoms with Gasteiger partial charge in [-0.1, -0.05) is 41.9 Å². The largest absolute Gasteiger partial charge is 0.349 e. The molecule has 0 radical (unpaired) electrons. The Labute approximate surface area is 176 Å². The molecular weight excluding hydrogens is 384 g/mol. The number of hydrogen-bond donors (Lipinski definition) is 0. The second kappa shape index (κ2) is 8.56. The lowest BCUT2D eigenvalue weighted by Crippen LogP contribution is -2.42. The summed E-state index contributed by atoms with van der Waals surface area (Å²) >= 11 is 6.21. The van der Waals surface area contributed by atoms with Gasteiger partial charge >= 0.3 is 0 Å². The van der Waals surface area contributed by atoms with Crippen molar-refractivity contribution in [1.82, 2.24) is 19.4 Å². The van der Waals surface area contributed by atoms with Gasteiger partial charge in [0.25, 0.3) is 0 Å². The number of carbonyl (C=O) groups is 1. The van der Waals surface area contributed by atoms with Crippen LogP contribution in [0.2, 0.25) is 5.02 Å². The molecule has 6 heteroatoms. The molecule has 2 heterocycles. The predicted octanol–water partition coefficient (Wildman–Crippen LogP) is 4.04. The summed E-state index contributed by atoms with van der Waals surface area (Å²) in [5.41, 5.74) is 3.25. The first-order chi connectivity index (χ1) is 14.0. The summed E-state index contributed by atoms with van der Waals surface area (Å²) in [5.74, 6) is 1.31. The van der Waals surface area contributed by atoms with E-state index in [0.29, 0.717) is 5.02 Å². The Morgan fingerprint density at radius 3 is 2.72 bits per heavy atom. The number of rotatable bonds is 5. The lowest BCUT2D eigenvalue weighted by atomic mass is 9.97. The van der Waals surface area contributed by atoms with E-state index < -0.39 is 0 Å². The molecule has 0 saturated carbocycles. The number of halogens is 1. The summed E-state index contributed by atoms with van der Waals surface area (Å²) in [7, 11) is 3.68. The molecule has 0 N–H and O–H groups in total. The molecule has 0 spiro atoms. The number of carbonyl (C=O) groups excluding carboxylic acids is 1. The topological polar surface area (TPSA) is 41.4 Å². The van der Waals surface area contributed by atoms with E-state index >= 15 is 0 Å². The van der Waals surface area contributed by atoms with Crippen LogP contribution < -0.4 is 0 Å². The van der Waals surface area contributed by atoms with E-state index in [1.54, 1.807) is 4.90 Å². The highest BCUT2D eigenvalue weighted by Crippen LogP contribution is 2.25. The zero-order valence-corrected chi connectivity index (χ0v) is 17.8. The summed E-state index contributed by atoms with van der Waals surface area (Å²) in [6.45, 7) is 3.28. The molecule has 152 valence electrons. The molecule has 2 aromatic carbocycles. The van der Waals surface area contributed by atoms with E-state index in [2.05, 4.69) is 33.7 Å². The minimum atomic E-state index is 0.0696. The van der Waals surface area contributed by atoms with Crippen molar-refractivity contribution in [2.75, 3.05) is 27.2 Å². The average molecular weight is 411 g/mol. The third kappa shape index (κ3) is 4.46. The van der Waals surface area contributed by atoms with Crippen LogP contribution in [0.15, 0.2) is 48.5 Å². The number of nitrogens with zero attached hydrogens (tertiary/aromatic N) is 4. The van der Waals surface area contributed by atoms with Gasteiger partial charge in [-0.3, -0.25) is 9.69 Å². The Balaban J connectivity index is 1.62. The number of likely N-dealkylation sites (tertiary alicyclic amines) is 1. The van der Waals surface area contributed by atoms with Crippen molar-refractivity contribution in [2.45, 2.75) is 25.9 Å². The highest BCUT2D eigenvalue weighted by molar-refractivity contribution is 6.31. The Hall–Kier alpha value is -2.37. The number of benzene rings is 2. The molecule has 1 atom stereocenters. The maximum absolute atomic E-state index is 12.4. The Morgan fingerprint density at radius 2 is 1.97 bits per heavy atom. The number of imidazole rings is 1. The summed E-state index contributed by atoms with van der Waals surface area (Å²) in [4.78, 5) is 21.4. The summed E-state index contributed by atoms with van der Waals surface area (Å²) < 4.78 is 2.28. The predicted molar refractivity (Wildman–Crippen MR) is 117 cm³/mol. The molecular formula is C23H27ClN4O. The van der Waals surface area contributed by atoms with Crippen LogP contribution in [0.3, 0.4) is 0 Å². The van der Waals surface area contributed by atoms with Gasteiger partial charge < -0.3 is 9.47 Å². The zero-order valence-electron chi connectivity index (χ0n) is 17.0. The molecule has 0 bridgehead atoms. The molecule has 1 aliphatic rings. The van der Waals surface area contributed by atoms with Crippen LogP contribution in [0.25, 0.3) is 11.0 Å². The van der Waals surface area contributed by atoms with Crippen LogP contribution in [-0.2, 0) is 17.9 Å². The van der Waals surface area contributed by atoms with E-state index in [1.807, 2.05) is 38.4 Å². The molecule has 3 aromatic rings. The number of aromatic nitrogens is 2. The van der Waals surface area contributed by atoms with Crippen LogP contribution in [0, 0.1) is 5.92 Å². The van der Waals surface area contributed by atoms with Crippen LogP contribution in [0.4, 0.5) is 0 Å². The summed E-state index contributed by atoms with van der Waals surface area (Å²) in [6.07, 6.45) is 2.00. The third-order valence-electron chi connectivity index (χ3n) is 5.63. The van der Waals surface area contributed by atoms with E-state index in [1.165, 1.54) is 5.56 Å². The molecule has 29 heavy (non-hydrogen) atoms. The van der Waals surface area contributed by atoms with Crippen LogP contribution in [0.1, 0.15) is 24.2 Å². The summed E-state index contributed by atoms with van der Waals surface area (Å²) in [5, 5.41) is 0.697. The van der Waals surface area contributed by atoms with Gasteiger partial charge in [-0.05, 0) is 43.1 Å². The van der Waals surface area contributed by atoms with Gasteiger partial charge in [0.05, 0.1) is 23.5 Å². The van der Waals surface area contributed by atoms with Crippen LogP contribution in [0.5, 0.6) is 0 Å². The van der Waals surface area contributed by atoms with Crippen molar-refractivity contribution in [3.8, 4) is 0 Å². The van der Waals surface area contributed by atoms with Gasteiger partial charge in [-0.2, -0.15) is 0 Å². The van der Waals surface area contributed by atoms with E-state index in [9.17, 15) is 4.79 Å². The summed E-state index contributed by atoms with van der Waals surface area (Å²) in [6, 6.07) is 16.3. The maximum Gasteiger partial charge on any atom is 0.226 e. The van der Waals surface area contributed by atoms with Crippen molar-refractivity contribution >= 4 is 28.5 Å². The molecule has 1 fully saturated rings. The molecule has 0 aliphatic carbocycles. The third-order valence-corrected chi connectivity index (χ3v) is 5.87. The number of piperidine rings is 1. The normalized spacial score (nSPS) is 17.6. The lowest BCUT2D eigenvalue weighted by Gasteiger charge is -2.33. The average Bonchev–Trinajstić information content (AvgIpc) is 3.04. The SMILES string of the molecule is CN(C)C(=O)C1CCCN(Cc2nc3cc(Cl)ccc3n2Cc2ccccc2)C1. The van der Waals surface area contributed by atoms with Crippen LogP contribution in [-0.4, -0.2) is 52.4 Å². The molecule has 1 saturated heterocycles. The van der Waals surface area contributed by atoms with E-state index in [4.69, 9.17) is 16.6 Å². The van der Waals surface area contributed by atoms with Gasteiger partial charge in [0.2, 0.25) is 5.91 Å². The molecule has 1 unspecified atom stereocenters. The molecule has 5 nitrogen and oxygen atoms in total. The molecule has 1 amide bonds. The van der Waals surface area contributed by atoms with E-state index in [0.717, 1.165) is 55.9 Å². The number of fused-ring (bicyclic) bond motifs is 1. The Kier molecular flexibility index (Phi) is 5.88. The molecule has 4 rings (SSSR count). The van der Waals surface area contributed by atoms with Gasteiger partial charge in [0, 0.05) is 32.2 Å². The minimum absolute atomic E-state index is 0.0696. The fourth-order valence-corrected chi connectivity index (χ4v) is 4.35. The Morgan fingerprint density at radius 1 is 1.17 bits per heavy atom. The van der Waals surface area contributed by atoms with Gasteiger partial charge in [-0.15, -0.1) is 0 Å². The Bertz CT molecular complexity index is 999. The minimum Gasteiger partial charge on any atom is -0.349 e. The fourth-order valence-electron chi connectivity index (χ4n) is 4.18. The van der Waals surface area contributed by atoms with Crippen LogP contribution >= 0.6 is 11.6 Å². The highest BCUT2D eigenvalue weighted by atomic mass is 35.5. The van der Waals surface area contributed by atoms with Crippen molar-refractivity contribution < 1.29 is 4.79 Å². The second-order valence-corrected chi connectivity index (χ2v) is 8.48.